The molecule has 2 N–H and O–H groups in total. The van der Waals surface area contributed by atoms with Crippen LogP contribution in [0.3, 0.4) is 0 Å². The van der Waals surface area contributed by atoms with E-state index in [1.54, 1.807) is 10.7 Å². The highest BCUT2D eigenvalue weighted by atomic mass is 16.3. The first-order valence-corrected chi connectivity index (χ1v) is 7.09. The van der Waals surface area contributed by atoms with Crippen LogP contribution in [0.4, 0.5) is 0 Å². The molecule has 0 saturated carbocycles. The van der Waals surface area contributed by atoms with Gasteiger partial charge in [-0.3, -0.25) is 14.3 Å². The molecule has 3 heterocycles. The summed E-state index contributed by atoms with van der Waals surface area (Å²) in [7, 11) is 0. The molecule has 0 saturated heterocycles. The number of carbonyl (C=O) groups excluding carboxylic acids is 2. The zero-order valence-electron chi connectivity index (χ0n) is 12.4. The lowest BCUT2D eigenvalue weighted by molar-refractivity contribution is 0.0921. The van der Waals surface area contributed by atoms with Crippen LogP contribution in [-0.4, -0.2) is 38.7 Å². The van der Waals surface area contributed by atoms with Gasteiger partial charge in [0.2, 0.25) is 0 Å². The highest BCUT2D eigenvalue weighted by molar-refractivity contribution is 5.93. The van der Waals surface area contributed by atoms with Gasteiger partial charge in [-0.2, -0.15) is 5.10 Å². The van der Waals surface area contributed by atoms with Crippen LogP contribution in [0.5, 0.6) is 0 Å². The summed E-state index contributed by atoms with van der Waals surface area (Å²) in [5, 5.41) is 9.96. The molecule has 1 aliphatic heterocycles. The maximum absolute atomic E-state index is 11.9. The van der Waals surface area contributed by atoms with Crippen LogP contribution in [0, 0.1) is 0 Å². The van der Waals surface area contributed by atoms with Crippen molar-refractivity contribution in [2.75, 3.05) is 0 Å². The van der Waals surface area contributed by atoms with Gasteiger partial charge in [0.25, 0.3) is 11.8 Å². The van der Waals surface area contributed by atoms with Gasteiger partial charge in [0.1, 0.15) is 12.0 Å². The zero-order valence-corrected chi connectivity index (χ0v) is 12.4. The summed E-state index contributed by atoms with van der Waals surface area (Å²) in [4.78, 5) is 27.6. The molecule has 1 aliphatic rings. The quantitative estimate of drug-likeness (QED) is 0.849. The normalized spacial score (nSPS) is 16.6. The Morgan fingerprint density at radius 2 is 2.18 bits per heavy atom. The molecule has 2 amide bonds. The average Bonchev–Trinajstić information content (AvgIpc) is 3.12. The fraction of sp³-hybridized carbons (Fsp3) is 0.429. The van der Waals surface area contributed by atoms with E-state index in [0.717, 1.165) is 5.69 Å². The molecular weight excluding hydrogens is 286 g/mol. The molecule has 116 valence electrons. The first-order chi connectivity index (χ1) is 10.5. The molecule has 22 heavy (non-hydrogen) atoms. The van der Waals surface area contributed by atoms with E-state index < -0.39 is 0 Å². The molecule has 0 bridgehead atoms. The van der Waals surface area contributed by atoms with Gasteiger partial charge in [0.05, 0.1) is 12.6 Å². The van der Waals surface area contributed by atoms with Crippen LogP contribution >= 0.6 is 0 Å². The monoisotopic (exact) mass is 303 g/mol. The van der Waals surface area contributed by atoms with Gasteiger partial charge in [-0.15, -0.1) is 0 Å². The molecule has 0 unspecified atom stereocenters. The summed E-state index contributed by atoms with van der Waals surface area (Å²) in [6, 6.07) is 1.77. The first-order valence-electron chi connectivity index (χ1n) is 7.09. The van der Waals surface area contributed by atoms with Crippen molar-refractivity contribution < 1.29 is 14.0 Å². The second-order valence-corrected chi connectivity index (χ2v) is 5.58. The average molecular weight is 303 g/mol. The highest BCUT2D eigenvalue weighted by Crippen LogP contribution is 2.16. The van der Waals surface area contributed by atoms with Crippen LogP contribution in [0.25, 0.3) is 0 Å². The third-order valence-electron chi connectivity index (χ3n) is 3.36. The Labute approximate surface area is 126 Å². The van der Waals surface area contributed by atoms with Crippen molar-refractivity contribution in [2.24, 2.45) is 0 Å². The van der Waals surface area contributed by atoms with Gasteiger partial charge < -0.3 is 15.1 Å². The van der Waals surface area contributed by atoms with Crippen LogP contribution in [0.2, 0.25) is 0 Å². The number of fused-ring (bicyclic) bond motifs is 1. The number of hydrogen-bond donors (Lipinski definition) is 2. The Morgan fingerprint density at radius 3 is 2.82 bits per heavy atom. The largest absolute Gasteiger partial charge is 0.451 e. The predicted octanol–water partition coefficient (Wildman–Crippen LogP) is 0.364. The third kappa shape index (κ3) is 2.85. The van der Waals surface area contributed by atoms with Crippen molar-refractivity contribution >= 4 is 11.8 Å². The fourth-order valence-electron chi connectivity index (χ4n) is 2.43. The van der Waals surface area contributed by atoms with E-state index in [1.165, 1.54) is 12.7 Å². The Hall–Kier alpha value is -2.64. The van der Waals surface area contributed by atoms with Crippen LogP contribution in [0.15, 0.2) is 23.1 Å². The summed E-state index contributed by atoms with van der Waals surface area (Å²) in [5.41, 5.74) is 1.59. The maximum Gasteiger partial charge on any atom is 0.273 e. The number of carbonyl (C=O) groups is 2. The van der Waals surface area contributed by atoms with E-state index in [0.29, 0.717) is 18.7 Å². The summed E-state index contributed by atoms with van der Waals surface area (Å²) >= 11 is 0. The minimum atomic E-state index is -0.276. The second kappa shape index (κ2) is 5.63. The van der Waals surface area contributed by atoms with Crippen LogP contribution in [0.1, 0.15) is 40.5 Å². The number of oxazole rings is 1. The molecule has 0 spiro atoms. The van der Waals surface area contributed by atoms with Crippen molar-refractivity contribution in [3.05, 3.63) is 35.8 Å². The Balaban J connectivity index is 1.61. The van der Waals surface area contributed by atoms with Gasteiger partial charge >= 0.3 is 0 Å². The molecule has 8 heteroatoms. The number of amides is 2. The van der Waals surface area contributed by atoms with E-state index in [2.05, 4.69) is 20.7 Å². The Morgan fingerprint density at radius 1 is 1.36 bits per heavy atom. The number of hydrogen-bond acceptors (Lipinski definition) is 5. The molecule has 3 rings (SSSR count). The second-order valence-electron chi connectivity index (χ2n) is 5.58. The van der Waals surface area contributed by atoms with Crippen molar-refractivity contribution in [2.45, 2.75) is 38.9 Å². The van der Waals surface area contributed by atoms with Gasteiger partial charge in [-0.05, 0) is 19.9 Å². The molecular formula is C14H17N5O3. The highest BCUT2D eigenvalue weighted by Gasteiger charge is 2.27. The molecule has 2 aromatic rings. The van der Waals surface area contributed by atoms with Crippen LogP contribution in [-0.2, 0) is 13.0 Å². The van der Waals surface area contributed by atoms with Crippen molar-refractivity contribution in [1.29, 1.82) is 0 Å². The van der Waals surface area contributed by atoms with E-state index in [1.807, 2.05) is 13.8 Å². The van der Waals surface area contributed by atoms with E-state index in [-0.39, 0.29) is 29.6 Å². The molecule has 8 nitrogen and oxygen atoms in total. The maximum atomic E-state index is 11.9. The lowest BCUT2D eigenvalue weighted by Crippen LogP contribution is -2.36. The summed E-state index contributed by atoms with van der Waals surface area (Å²) in [6.07, 6.45) is 3.15. The van der Waals surface area contributed by atoms with Crippen molar-refractivity contribution in [3.63, 3.8) is 0 Å². The molecule has 2 aromatic heterocycles. The third-order valence-corrected chi connectivity index (χ3v) is 3.36. The van der Waals surface area contributed by atoms with Crippen molar-refractivity contribution in [3.8, 4) is 0 Å². The lowest BCUT2D eigenvalue weighted by Gasteiger charge is -2.10. The minimum Gasteiger partial charge on any atom is -0.451 e. The SMILES string of the molecule is CC(C)NC(=O)c1cc2n(n1)C[C@@H](NC(=O)c1cocn1)C2. The number of nitrogens with one attached hydrogen (secondary N) is 2. The fourth-order valence-corrected chi connectivity index (χ4v) is 2.43. The summed E-state index contributed by atoms with van der Waals surface area (Å²) < 4.78 is 6.54. The topological polar surface area (TPSA) is 102 Å². The van der Waals surface area contributed by atoms with E-state index in [4.69, 9.17) is 4.42 Å². The van der Waals surface area contributed by atoms with Gasteiger partial charge in [-0.25, -0.2) is 4.98 Å². The molecule has 0 fully saturated rings. The van der Waals surface area contributed by atoms with E-state index >= 15 is 0 Å². The van der Waals surface area contributed by atoms with Crippen LogP contribution < -0.4 is 10.6 Å². The van der Waals surface area contributed by atoms with E-state index in [9.17, 15) is 9.59 Å². The number of aromatic nitrogens is 3. The first kappa shape index (κ1) is 14.3. The molecule has 0 radical (unpaired) electrons. The van der Waals surface area contributed by atoms with Gasteiger partial charge in [0.15, 0.2) is 12.1 Å². The molecule has 0 aliphatic carbocycles. The molecule has 0 aromatic carbocycles. The molecule has 1 atom stereocenters. The minimum absolute atomic E-state index is 0.0612. The van der Waals surface area contributed by atoms with Gasteiger partial charge in [0, 0.05) is 18.2 Å². The van der Waals surface area contributed by atoms with Crippen molar-refractivity contribution in [1.82, 2.24) is 25.4 Å². The predicted molar refractivity (Wildman–Crippen MR) is 76.3 cm³/mol. The Bertz CT molecular complexity index is 666. The standard InChI is InChI=1S/C14H17N5O3/c1-8(2)16-13(20)11-4-10-3-9(5-19(10)18-11)17-14(21)12-6-22-7-15-12/h4,6-9H,3,5H2,1-2H3,(H,16,20)(H,17,21)/t9-/m0/s1. The summed E-state index contributed by atoms with van der Waals surface area (Å²) in [6.45, 7) is 4.34. The smallest absolute Gasteiger partial charge is 0.273 e. The zero-order chi connectivity index (χ0) is 15.7. The number of nitrogens with zero attached hydrogens (tertiary/aromatic N) is 3. The van der Waals surface area contributed by atoms with Gasteiger partial charge in [-0.1, -0.05) is 0 Å². The Kier molecular flexibility index (Phi) is 3.66. The number of rotatable bonds is 4. The lowest BCUT2D eigenvalue weighted by atomic mass is 10.2. The summed E-state index contributed by atoms with van der Waals surface area (Å²) in [5.74, 6) is -0.456.